The Morgan fingerprint density at radius 3 is 0.930 bits per heavy atom. The molecule has 0 saturated heterocycles. The van der Waals surface area contributed by atoms with Crippen LogP contribution in [0.2, 0.25) is 0 Å². The first-order valence-electron chi connectivity index (χ1n) is 19.8. The van der Waals surface area contributed by atoms with Crippen LogP contribution in [0, 0.1) is 0 Å². The molecule has 0 unspecified atom stereocenters. The van der Waals surface area contributed by atoms with Crippen molar-refractivity contribution in [3.05, 3.63) is 253 Å². The second kappa shape index (κ2) is 13.5. The lowest BCUT2D eigenvalue weighted by molar-refractivity contribution is 0.772. The van der Waals surface area contributed by atoms with Crippen LogP contribution in [0.25, 0.3) is 77.2 Å². The first kappa shape index (κ1) is 33.1. The lowest BCUT2D eigenvalue weighted by atomic mass is 9.66. The molecule has 10 aromatic rings. The standard InChI is InChI=1S/C57H38/c1-3-11-39(12-4-1)43-19-23-45(24-20-43)49-29-33-53-54-34-30-50(46-25-21-44(22-26-46)40-13-5-2-6-14-40)38-56(54)57(55(53)37-49,51-31-27-41-15-7-9-17-47(41)35-51)52-32-28-42-16-8-10-18-48(42)36-52/h1-38H. The molecule has 0 spiro atoms. The van der Waals surface area contributed by atoms with Gasteiger partial charge in [0.25, 0.3) is 0 Å². The number of benzene rings is 10. The maximum absolute atomic E-state index is 2.48. The lowest BCUT2D eigenvalue weighted by Crippen LogP contribution is -2.28. The lowest BCUT2D eigenvalue weighted by Gasteiger charge is -2.35. The molecule has 0 nitrogen and oxygen atoms in total. The molecule has 0 heterocycles. The summed E-state index contributed by atoms with van der Waals surface area (Å²) in [4.78, 5) is 0. The molecule has 1 aliphatic carbocycles. The molecule has 10 aromatic carbocycles. The SMILES string of the molecule is c1ccc(-c2ccc(-c3ccc4c(c3)C(c3ccc5ccccc5c3)(c3ccc5ccccc5c3)c3cc(-c5ccc(-c6ccccc6)cc5)ccc3-4)cc2)cc1. The summed E-state index contributed by atoms with van der Waals surface area (Å²) in [5.74, 6) is 0. The zero-order valence-electron chi connectivity index (χ0n) is 31.4. The molecule has 0 fully saturated rings. The fourth-order valence-corrected chi connectivity index (χ4v) is 9.29. The summed E-state index contributed by atoms with van der Waals surface area (Å²) in [6, 6.07) is 85.4. The summed E-state index contributed by atoms with van der Waals surface area (Å²) in [5, 5.41) is 4.97. The average molecular weight is 723 g/mol. The molecule has 0 amide bonds. The maximum Gasteiger partial charge on any atom is 0.0714 e. The second-order valence-electron chi connectivity index (χ2n) is 15.3. The summed E-state index contributed by atoms with van der Waals surface area (Å²) >= 11 is 0. The number of rotatable bonds is 6. The van der Waals surface area contributed by atoms with Gasteiger partial charge < -0.3 is 0 Å². The highest BCUT2D eigenvalue weighted by atomic mass is 14.5. The first-order valence-corrected chi connectivity index (χ1v) is 19.8. The fourth-order valence-electron chi connectivity index (χ4n) is 9.29. The topological polar surface area (TPSA) is 0 Å². The van der Waals surface area contributed by atoms with Gasteiger partial charge in [-0.2, -0.15) is 0 Å². The maximum atomic E-state index is 2.48. The highest BCUT2D eigenvalue weighted by molar-refractivity contribution is 5.94. The van der Waals surface area contributed by atoms with Crippen molar-refractivity contribution >= 4 is 21.5 Å². The van der Waals surface area contributed by atoms with Crippen molar-refractivity contribution < 1.29 is 0 Å². The molecule has 0 aliphatic heterocycles. The fraction of sp³-hybridized carbons (Fsp3) is 0.0175. The molecule has 0 N–H and O–H groups in total. The van der Waals surface area contributed by atoms with Crippen molar-refractivity contribution in [1.29, 1.82) is 0 Å². The Bertz CT molecular complexity index is 2870. The van der Waals surface area contributed by atoms with Gasteiger partial charge >= 0.3 is 0 Å². The molecule has 0 aromatic heterocycles. The van der Waals surface area contributed by atoms with E-state index in [1.54, 1.807) is 0 Å². The molecule has 0 radical (unpaired) electrons. The quantitative estimate of drug-likeness (QED) is 0.160. The van der Waals surface area contributed by atoms with E-state index < -0.39 is 5.41 Å². The molecular formula is C57H38. The van der Waals surface area contributed by atoms with E-state index in [1.807, 2.05) is 0 Å². The van der Waals surface area contributed by atoms with Gasteiger partial charge in [-0.05, 0) is 124 Å². The summed E-state index contributed by atoms with van der Waals surface area (Å²) in [6.07, 6.45) is 0. The van der Waals surface area contributed by atoms with Gasteiger partial charge in [0.15, 0.2) is 0 Å². The Hall–Kier alpha value is -7.28. The first-order chi connectivity index (χ1) is 28.2. The van der Waals surface area contributed by atoms with Gasteiger partial charge in [0.1, 0.15) is 0 Å². The van der Waals surface area contributed by atoms with E-state index in [0.29, 0.717) is 0 Å². The van der Waals surface area contributed by atoms with Crippen molar-refractivity contribution in [3.63, 3.8) is 0 Å². The number of hydrogen-bond donors (Lipinski definition) is 0. The summed E-state index contributed by atoms with van der Waals surface area (Å²) in [7, 11) is 0. The van der Waals surface area contributed by atoms with E-state index in [0.717, 1.165) is 0 Å². The van der Waals surface area contributed by atoms with Crippen LogP contribution < -0.4 is 0 Å². The third-order valence-corrected chi connectivity index (χ3v) is 12.2. The van der Waals surface area contributed by atoms with E-state index in [1.165, 1.54) is 99.4 Å². The van der Waals surface area contributed by atoms with E-state index in [4.69, 9.17) is 0 Å². The van der Waals surface area contributed by atoms with Gasteiger partial charge in [-0.15, -0.1) is 0 Å². The van der Waals surface area contributed by atoms with Crippen molar-refractivity contribution in [2.75, 3.05) is 0 Å². The number of hydrogen-bond acceptors (Lipinski definition) is 0. The molecular weight excluding hydrogens is 685 g/mol. The molecule has 266 valence electrons. The van der Waals surface area contributed by atoms with Gasteiger partial charge in [-0.25, -0.2) is 0 Å². The third-order valence-electron chi connectivity index (χ3n) is 12.2. The Kier molecular flexibility index (Phi) is 7.83. The number of fused-ring (bicyclic) bond motifs is 5. The molecule has 0 atom stereocenters. The van der Waals surface area contributed by atoms with Crippen molar-refractivity contribution in [2.45, 2.75) is 5.41 Å². The van der Waals surface area contributed by atoms with Gasteiger partial charge in [0, 0.05) is 0 Å². The normalized spacial score (nSPS) is 12.7. The van der Waals surface area contributed by atoms with E-state index in [2.05, 4.69) is 231 Å². The summed E-state index contributed by atoms with van der Waals surface area (Å²) in [5.41, 5.74) is 16.9. The molecule has 11 rings (SSSR count). The van der Waals surface area contributed by atoms with Crippen LogP contribution in [0.1, 0.15) is 22.3 Å². The summed E-state index contributed by atoms with van der Waals surface area (Å²) < 4.78 is 0. The highest BCUT2D eigenvalue weighted by Crippen LogP contribution is 2.58. The molecule has 57 heavy (non-hydrogen) atoms. The largest absolute Gasteiger partial charge is 0.0714 e. The predicted molar refractivity (Wildman–Crippen MR) is 241 cm³/mol. The third kappa shape index (κ3) is 5.53. The Balaban J connectivity index is 1.16. The molecule has 0 bridgehead atoms. The van der Waals surface area contributed by atoms with Crippen LogP contribution >= 0.6 is 0 Å². The van der Waals surface area contributed by atoms with E-state index in [9.17, 15) is 0 Å². The Labute approximate surface area is 334 Å². The summed E-state index contributed by atoms with van der Waals surface area (Å²) in [6.45, 7) is 0. The van der Waals surface area contributed by atoms with Crippen LogP contribution in [0.4, 0.5) is 0 Å². The van der Waals surface area contributed by atoms with Crippen molar-refractivity contribution in [3.8, 4) is 55.6 Å². The van der Waals surface area contributed by atoms with E-state index >= 15 is 0 Å². The van der Waals surface area contributed by atoms with Crippen molar-refractivity contribution in [1.82, 2.24) is 0 Å². The Morgan fingerprint density at radius 2 is 0.526 bits per heavy atom. The minimum absolute atomic E-state index is 0.585. The van der Waals surface area contributed by atoms with Gasteiger partial charge in [-0.3, -0.25) is 0 Å². The molecule has 0 heteroatoms. The average Bonchev–Trinajstić information content (AvgIpc) is 3.59. The van der Waals surface area contributed by atoms with Gasteiger partial charge in [0.2, 0.25) is 0 Å². The highest BCUT2D eigenvalue weighted by Gasteiger charge is 2.46. The zero-order valence-corrected chi connectivity index (χ0v) is 31.4. The smallest absolute Gasteiger partial charge is 0.0622 e. The minimum atomic E-state index is -0.585. The van der Waals surface area contributed by atoms with E-state index in [-0.39, 0.29) is 0 Å². The zero-order chi connectivity index (χ0) is 37.8. The predicted octanol–water partition coefficient (Wildman–Crippen LogP) is 15.0. The van der Waals surface area contributed by atoms with Gasteiger partial charge in [0.05, 0.1) is 5.41 Å². The minimum Gasteiger partial charge on any atom is -0.0622 e. The Morgan fingerprint density at radius 1 is 0.211 bits per heavy atom. The van der Waals surface area contributed by atoms with Gasteiger partial charge in [-0.1, -0.05) is 206 Å². The van der Waals surface area contributed by atoms with Crippen LogP contribution in [0.3, 0.4) is 0 Å². The molecule has 0 saturated carbocycles. The second-order valence-corrected chi connectivity index (χ2v) is 15.3. The van der Waals surface area contributed by atoms with Crippen LogP contribution in [0.5, 0.6) is 0 Å². The van der Waals surface area contributed by atoms with Crippen LogP contribution in [-0.4, -0.2) is 0 Å². The monoisotopic (exact) mass is 722 g/mol. The van der Waals surface area contributed by atoms with Crippen LogP contribution in [-0.2, 0) is 5.41 Å². The van der Waals surface area contributed by atoms with Crippen molar-refractivity contribution in [2.24, 2.45) is 0 Å². The molecule has 1 aliphatic rings. The van der Waals surface area contributed by atoms with Crippen LogP contribution in [0.15, 0.2) is 231 Å².